The van der Waals surface area contributed by atoms with E-state index in [9.17, 15) is 8.42 Å². The maximum atomic E-state index is 12.8. The number of sulfonamides is 1. The molecular weight excluding hydrogens is 324 g/mol. The molecule has 0 saturated heterocycles. The maximum absolute atomic E-state index is 12.8. The molecule has 0 radical (unpaired) electrons. The first-order valence-corrected chi connectivity index (χ1v) is 9.11. The highest BCUT2D eigenvalue weighted by Gasteiger charge is 2.19. The first kappa shape index (κ1) is 16.4. The largest absolute Gasteiger partial charge is 0.317 e. The molecule has 3 rings (SSSR count). The van der Waals surface area contributed by atoms with Crippen molar-refractivity contribution in [2.45, 2.75) is 24.9 Å². The first-order chi connectivity index (χ1) is 11.6. The van der Waals surface area contributed by atoms with Crippen LogP contribution in [0.3, 0.4) is 0 Å². The lowest BCUT2D eigenvalue weighted by Crippen LogP contribution is -2.25. The van der Waals surface area contributed by atoms with Crippen LogP contribution in [0, 0.1) is 0 Å². The molecule has 0 unspecified atom stereocenters. The van der Waals surface area contributed by atoms with Gasteiger partial charge in [-0.15, -0.1) is 10.2 Å². The molecule has 124 valence electrons. The number of hydrogen-bond donors (Lipinski definition) is 1. The lowest BCUT2D eigenvalue weighted by Gasteiger charge is -2.12. The number of nitrogens with zero attached hydrogens (tertiary/aromatic N) is 3. The van der Waals surface area contributed by atoms with Gasteiger partial charge in [0.15, 0.2) is 0 Å². The smallest absolute Gasteiger partial charge is 0.241 e. The Hall–Kier alpha value is -2.51. The van der Waals surface area contributed by atoms with Crippen LogP contribution in [0.5, 0.6) is 0 Å². The molecule has 0 aliphatic rings. The van der Waals surface area contributed by atoms with Gasteiger partial charge < -0.3 is 4.57 Å². The van der Waals surface area contributed by atoms with Gasteiger partial charge in [-0.2, -0.15) is 0 Å². The standard InChI is InChI=1S/C17H18N4O2S/c1-2-21-13-18-20-17(21)12-19-24(22,23)16-11-7-6-10-15(16)14-8-4-3-5-9-14/h3-11,13,19H,2,12H2,1H3. The van der Waals surface area contributed by atoms with Crippen LogP contribution in [-0.2, 0) is 23.1 Å². The third kappa shape index (κ3) is 3.37. The minimum atomic E-state index is -3.67. The lowest BCUT2D eigenvalue weighted by molar-refractivity contribution is 0.575. The van der Waals surface area contributed by atoms with Crippen LogP contribution in [0.15, 0.2) is 65.8 Å². The molecule has 0 spiro atoms. The number of aromatic nitrogens is 3. The second-order valence-electron chi connectivity index (χ2n) is 5.22. The van der Waals surface area contributed by atoms with Crippen LogP contribution in [0.1, 0.15) is 12.7 Å². The minimum absolute atomic E-state index is 0.0965. The van der Waals surface area contributed by atoms with E-state index in [1.807, 2.05) is 43.3 Å². The normalized spacial score (nSPS) is 11.5. The van der Waals surface area contributed by atoms with E-state index < -0.39 is 10.0 Å². The lowest BCUT2D eigenvalue weighted by atomic mass is 10.1. The SMILES string of the molecule is CCn1cnnc1CNS(=O)(=O)c1ccccc1-c1ccccc1. The number of nitrogens with one attached hydrogen (secondary N) is 1. The Kier molecular flexibility index (Phi) is 4.73. The molecule has 1 aromatic heterocycles. The number of hydrogen-bond acceptors (Lipinski definition) is 4. The molecule has 3 aromatic rings. The Morgan fingerprint density at radius 1 is 1.04 bits per heavy atom. The Labute approximate surface area is 141 Å². The third-order valence-corrected chi connectivity index (χ3v) is 5.18. The molecule has 0 aliphatic heterocycles. The van der Waals surface area contributed by atoms with Gasteiger partial charge in [-0.05, 0) is 18.6 Å². The van der Waals surface area contributed by atoms with Gasteiger partial charge in [0.1, 0.15) is 12.2 Å². The van der Waals surface area contributed by atoms with Crippen molar-refractivity contribution < 1.29 is 8.42 Å². The average molecular weight is 342 g/mol. The third-order valence-electron chi connectivity index (χ3n) is 3.72. The van der Waals surface area contributed by atoms with E-state index in [4.69, 9.17) is 0 Å². The van der Waals surface area contributed by atoms with Crippen LogP contribution in [0.25, 0.3) is 11.1 Å². The van der Waals surface area contributed by atoms with Crippen molar-refractivity contribution in [3.05, 3.63) is 66.7 Å². The molecule has 7 heteroatoms. The van der Waals surface area contributed by atoms with Gasteiger partial charge in [-0.3, -0.25) is 0 Å². The quantitative estimate of drug-likeness (QED) is 0.746. The summed E-state index contributed by atoms with van der Waals surface area (Å²) in [5.41, 5.74) is 1.53. The molecule has 0 bridgehead atoms. The summed E-state index contributed by atoms with van der Waals surface area (Å²) in [5.74, 6) is 0.582. The summed E-state index contributed by atoms with van der Waals surface area (Å²) in [6, 6.07) is 16.4. The molecule has 24 heavy (non-hydrogen) atoms. The maximum Gasteiger partial charge on any atom is 0.241 e. The second-order valence-corrected chi connectivity index (χ2v) is 6.96. The topological polar surface area (TPSA) is 76.9 Å². The summed E-state index contributed by atoms with van der Waals surface area (Å²) in [5, 5.41) is 7.76. The zero-order valence-electron chi connectivity index (χ0n) is 13.3. The van der Waals surface area contributed by atoms with Crippen molar-refractivity contribution in [3.63, 3.8) is 0 Å². The zero-order valence-corrected chi connectivity index (χ0v) is 14.1. The molecular formula is C17H18N4O2S. The Morgan fingerprint density at radius 3 is 2.50 bits per heavy atom. The summed E-state index contributed by atoms with van der Waals surface area (Å²) in [6.07, 6.45) is 1.58. The van der Waals surface area contributed by atoms with Crippen LogP contribution in [0.2, 0.25) is 0 Å². The van der Waals surface area contributed by atoms with Gasteiger partial charge in [0.25, 0.3) is 0 Å². The monoisotopic (exact) mass is 342 g/mol. The van der Waals surface area contributed by atoms with Crippen LogP contribution >= 0.6 is 0 Å². The number of aryl methyl sites for hydroxylation is 1. The summed E-state index contributed by atoms with van der Waals surface area (Å²) in [7, 11) is -3.67. The number of benzene rings is 2. The second kappa shape index (κ2) is 6.94. The molecule has 1 N–H and O–H groups in total. The van der Waals surface area contributed by atoms with Crippen molar-refractivity contribution in [2.24, 2.45) is 0 Å². The molecule has 0 saturated carbocycles. The summed E-state index contributed by atoms with van der Waals surface area (Å²) < 4.78 is 29.9. The van der Waals surface area contributed by atoms with Crippen molar-refractivity contribution in [1.29, 1.82) is 0 Å². The predicted molar refractivity (Wildman–Crippen MR) is 91.6 cm³/mol. The Balaban J connectivity index is 1.91. The molecule has 0 fully saturated rings. The van der Waals surface area contributed by atoms with Crippen molar-refractivity contribution in [1.82, 2.24) is 19.5 Å². The van der Waals surface area contributed by atoms with E-state index in [0.29, 0.717) is 17.9 Å². The highest BCUT2D eigenvalue weighted by molar-refractivity contribution is 7.89. The van der Waals surface area contributed by atoms with Gasteiger partial charge in [0, 0.05) is 12.1 Å². The van der Waals surface area contributed by atoms with E-state index in [0.717, 1.165) is 5.56 Å². The van der Waals surface area contributed by atoms with E-state index in [1.165, 1.54) is 0 Å². The van der Waals surface area contributed by atoms with Gasteiger partial charge in [0.05, 0.1) is 11.4 Å². The fourth-order valence-corrected chi connectivity index (χ4v) is 3.68. The molecule has 0 amide bonds. The fourth-order valence-electron chi connectivity index (χ4n) is 2.47. The summed E-state index contributed by atoms with van der Waals surface area (Å²) >= 11 is 0. The first-order valence-electron chi connectivity index (χ1n) is 7.62. The Morgan fingerprint density at radius 2 is 1.75 bits per heavy atom. The van der Waals surface area contributed by atoms with Gasteiger partial charge in [-0.25, -0.2) is 13.1 Å². The fraction of sp³-hybridized carbons (Fsp3) is 0.176. The molecule has 0 aliphatic carbocycles. The van der Waals surface area contributed by atoms with Crippen molar-refractivity contribution >= 4 is 10.0 Å². The Bertz CT molecular complexity index is 921. The van der Waals surface area contributed by atoms with Crippen LogP contribution < -0.4 is 4.72 Å². The summed E-state index contributed by atoms with van der Waals surface area (Å²) in [6.45, 7) is 2.73. The van der Waals surface area contributed by atoms with E-state index in [-0.39, 0.29) is 11.4 Å². The van der Waals surface area contributed by atoms with E-state index in [2.05, 4.69) is 14.9 Å². The van der Waals surface area contributed by atoms with Crippen molar-refractivity contribution in [3.8, 4) is 11.1 Å². The van der Waals surface area contributed by atoms with E-state index in [1.54, 1.807) is 29.1 Å². The molecule has 6 nitrogen and oxygen atoms in total. The van der Waals surface area contributed by atoms with Gasteiger partial charge in [-0.1, -0.05) is 48.5 Å². The summed E-state index contributed by atoms with van der Waals surface area (Å²) in [4.78, 5) is 0.249. The van der Waals surface area contributed by atoms with Crippen LogP contribution in [0.4, 0.5) is 0 Å². The highest BCUT2D eigenvalue weighted by Crippen LogP contribution is 2.26. The zero-order chi connectivity index (χ0) is 17.0. The minimum Gasteiger partial charge on any atom is -0.317 e. The van der Waals surface area contributed by atoms with Crippen molar-refractivity contribution in [2.75, 3.05) is 0 Å². The molecule has 1 heterocycles. The number of rotatable bonds is 6. The molecule has 2 aromatic carbocycles. The van der Waals surface area contributed by atoms with Gasteiger partial charge >= 0.3 is 0 Å². The average Bonchev–Trinajstić information content (AvgIpc) is 3.08. The van der Waals surface area contributed by atoms with Gasteiger partial charge in [0.2, 0.25) is 10.0 Å². The van der Waals surface area contributed by atoms with E-state index >= 15 is 0 Å². The molecule has 0 atom stereocenters. The highest BCUT2D eigenvalue weighted by atomic mass is 32.2. The predicted octanol–water partition coefficient (Wildman–Crippen LogP) is 2.44. The van der Waals surface area contributed by atoms with Crippen LogP contribution in [-0.4, -0.2) is 23.2 Å².